The lowest BCUT2D eigenvalue weighted by molar-refractivity contribution is -0.119. The normalized spacial score (nSPS) is 17.0. The van der Waals surface area contributed by atoms with Crippen LogP contribution in [0.5, 0.6) is 0 Å². The maximum absolute atomic E-state index is 10.9. The summed E-state index contributed by atoms with van der Waals surface area (Å²) in [5, 5.41) is 24.0. The minimum Gasteiger partial charge on any atom is -0.388 e. The van der Waals surface area contributed by atoms with Crippen molar-refractivity contribution < 1.29 is 15.0 Å². The molecule has 22 heavy (non-hydrogen) atoms. The van der Waals surface area contributed by atoms with Gasteiger partial charge in [-0.1, -0.05) is 6.07 Å². The number of H-pyrrole nitrogens is 1. The summed E-state index contributed by atoms with van der Waals surface area (Å²) in [4.78, 5) is 14.4. The van der Waals surface area contributed by atoms with Crippen molar-refractivity contribution in [2.24, 2.45) is 0 Å². The molecule has 1 aromatic heterocycles. The number of hydrogen-bond donors (Lipinski definition) is 4. The number of carbonyl (C=O) groups excluding carboxylic acids is 1. The topological polar surface area (TPSA) is 85.3 Å². The molecule has 2 unspecified atom stereocenters. The fraction of sp³-hybridized carbons (Fsp3) is 0.471. The van der Waals surface area contributed by atoms with Crippen LogP contribution in [0.25, 0.3) is 10.9 Å². The highest BCUT2D eigenvalue weighted by Gasteiger charge is 2.21. The number of amides is 1. The largest absolute Gasteiger partial charge is 0.388 e. The molecule has 4 N–H and O–H groups in total. The van der Waals surface area contributed by atoms with Gasteiger partial charge in [0.05, 0.1) is 0 Å². The number of aromatic amines is 1. The molecule has 3 rings (SSSR count). The molecule has 5 nitrogen and oxygen atoms in total. The lowest BCUT2D eigenvalue weighted by Crippen LogP contribution is -2.34. The summed E-state index contributed by atoms with van der Waals surface area (Å²) in [5.41, 5.74) is 4.40. The summed E-state index contributed by atoms with van der Waals surface area (Å²) in [6.07, 6.45) is 2.51. The Hall–Kier alpha value is -1.85. The van der Waals surface area contributed by atoms with Crippen LogP contribution < -0.4 is 5.32 Å². The number of aromatic nitrogens is 1. The van der Waals surface area contributed by atoms with Gasteiger partial charge in [-0.25, -0.2) is 0 Å². The lowest BCUT2D eigenvalue weighted by atomic mass is 9.94. The van der Waals surface area contributed by atoms with E-state index in [0.717, 1.165) is 23.7 Å². The zero-order valence-corrected chi connectivity index (χ0v) is 12.7. The minimum atomic E-state index is -1.02. The summed E-state index contributed by atoms with van der Waals surface area (Å²) < 4.78 is 0. The number of fused-ring (bicyclic) bond motifs is 3. The molecule has 0 saturated heterocycles. The van der Waals surface area contributed by atoms with E-state index in [-0.39, 0.29) is 12.5 Å². The number of carbonyl (C=O) groups is 1. The third-order valence-corrected chi connectivity index (χ3v) is 4.39. The van der Waals surface area contributed by atoms with E-state index < -0.39 is 12.2 Å². The number of aryl methyl sites for hydroxylation is 2. The van der Waals surface area contributed by atoms with Gasteiger partial charge in [-0.15, -0.1) is 0 Å². The average molecular weight is 302 g/mol. The van der Waals surface area contributed by atoms with E-state index >= 15 is 0 Å². The van der Waals surface area contributed by atoms with Gasteiger partial charge in [0.1, 0.15) is 12.2 Å². The summed E-state index contributed by atoms with van der Waals surface area (Å²) in [5.74, 6) is -0.221. The van der Waals surface area contributed by atoms with Gasteiger partial charge in [0.2, 0.25) is 5.91 Å². The molecule has 0 radical (unpaired) electrons. The summed E-state index contributed by atoms with van der Waals surface area (Å²) in [7, 11) is 0. The second kappa shape index (κ2) is 6.10. The number of aliphatic hydroxyl groups is 2. The monoisotopic (exact) mass is 302 g/mol. The molecule has 5 heteroatoms. The Morgan fingerprint density at radius 1 is 1.32 bits per heavy atom. The van der Waals surface area contributed by atoms with Crippen molar-refractivity contribution in [2.75, 3.05) is 6.54 Å². The molecule has 1 amide bonds. The molecule has 1 aliphatic rings. The van der Waals surface area contributed by atoms with E-state index in [1.165, 1.54) is 31.0 Å². The van der Waals surface area contributed by atoms with Crippen molar-refractivity contribution in [3.8, 4) is 0 Å². The smallest absolute Gasteiger partial charge is 0.216 e. The number of benzene rings is 1. The van der Waals surface area contributed by atoms with Gasteiger partial charge in [-0.05, 0) is 48.9 Å². The molecule has 1 aliphatic carbocycles. The van der Waals surface area contributed by atoms with Crippen LogP contribution in [0.4, 0.5) is 0 Å². The van der Waals surface area contributed by atoms with Gasteiger partial charge in [0.15, 0.2) is 0 Å². The maximum Gasteiger partial charge on any atom is 0.216 e. The summed E-state index contributed by atoms with van der Waals surface area (Å²) in [6, 6.07) is 5.74. The van der Waals surface area contributed by atoms with Crippen molar-refractivity contribution in [3.05, 3.63) is 35.0 Å². The molecule has 0 saturated carbocycles. The molecule has 1 aromatic carbocycles. The molecule has 1 heterocycles. The lowest BCUT2D eigenvalue weighted by Gasteiger charge is -2.18. The Labute approximate surface area is 129 Å². The second-order valence-electron chi connectivity index (χ2n) is 6.04. The van der Waals surface area contributed by atoms with Gasteiger partial charge in [0.25, 0.3) is 0 Å². The summed E-state index contributed by atoms with van der Waals surface area (Å²) >= 11 is 0. The van der Waals surface area contributed by atoms with Crippen LogP contribution in [0.3, 0.4) is 0 Å². The Morgan fingerprint density at radius 3 is 2.86 bits per heavy atom. The van der Waals surface area contributed by atoms with Gasteiger partial charge in [-0.2, -0.15) is 0 Å². The number of nitrogens with one attached hydrogen (secondary N) is 2. The molecule has 0 bridgehead atoms. The first-order chi connectivity index (χ1) is 10.6. The Kier molecular flexibility index (Phi) is 4.18. The molecular weight excluding hydrogens is 280 g/mol. The van der Waals surface area contributed by atoms with E-state index in [0.29, 0.717) is 5.56 Å². The molecule has 118 valence electrons. The fourth-order valence-corrected chi connectivity index (χ4v) is 3.19. The first-order valence-corrected chi connectivity index (χ1v) is 7.80. The van der Waals surface area contributed by atoms with Crippen molar-refractivity contribution in [1.82, 2.24) is 10.3 Å². The van der Waals surface area contributed by atoms with Crippen molar-refractivity contribution in [2.45, 2.75) is 44.8 Å². The van der Waals surface area contributed by atoms with Gasteiger partial charge in [0, 0.05) is 30.1 Å². The molecule has 0 aliphatic heterocycles. The van der Waals surface area contributed by atoms with Crippen molar-refractivity contribution in [1.29, 1.82) is 0 Å². The fourth-order valence-electron chi connectivity index (χ4n) is 3.19. The zero-order valence-electron chi connectivity index (χ0n) is 12.7. The van der Waals surface area contributed by atoms with Gasteiger partial charge >= 0.3 is 0 Å². The SMILES string of the molecule is CC(=O)NCC(O)C(O)c1ccc2[nH]c3c(c2c1)CCCC3. The quantitative estimate of drug-likeness (QED) is 0.692. The second-order valence-corrected chi connectivity index (χ2v) is 6.04. The highest BCUT2D eigenvalue weighted by Crippen LogP contribution is 2.31. The van der Waals surface area contributed by atoms with Crippen LogP contribution in [0.2, 0.25) is 0 Å². The number of rotatable bonds is 4. The maximum atomic E-state index is 10.9. The van der Waals surface area contributed by atoms with Gasteiger partial charge in [-0.3, -0.25) is 4.79 Å². The highest BCUT2D eigenvalue weighted by molar-refractivity contribution is 5.85. The van der Waals surface area contributed by atoms with E-state index in [2.05, 4.69) is 10.3 Å². The van der Waals surface area contributed by atoms with Crippen LogP contribution in [0, 0.1) is 0 Å². The third kappa shape index (κ3) is 2.87. The van der Waals surface area contributed by atoms with Crippen LogP contribution >= 0.6 is 0 Å². The van der Waals surface area contributed by atoms with E-state index in [4.69, 9.17) is 0 Å². The first-order valence-electron chi connectivity index (χ1n) is 7.80. The van der Waals surface area contributed by atoms with Crippen LogP contribution in [-0.4, -0.2) is 33.8 Å². The molecule has 2 aromatic rings. The molecule has 0 fully saturated rings. The van der Waals surface area contributed by atoms with E-state index in [1.807, 2.05) is 18.2 Å². The van der Waals surface area contributed by atoms with E-state index in [9.17, 15) is 15.0 Å². The zero-order chi connectivity index (χ0) is 15.7. The number of hydrogen-bond acceptors (Lipinski definition) is 3. The standard InChI is InChI=1S/C17H22N2O3/c1-10(20)18-9-16(21)17(22)11-6-7-15-13(8-11)12-4-2-3-5-14(12)19-15/h6-8,16-17,19,21-22H,2-5,9H2,1H3,(H,18,20). The predicted octanol–water partition coefficient (Wildman–Crippen LogP) is 1.58. The van der Waals surface area contributed by atoms with Gasteiger partial charge < -0.3 is 20.5 Å². The average Bonchev–Trinajstić information content (AvgIpc) is 2.89. The minimum absolute atomic E-state index is 0.0414. The number of aliphatic hydroxyl groups excluding tert-OH is 2. The Balaban J connectivity index is 1.86. The predicted molar refractivity (Wildman–Crippen MR) is 84.6 cm³/mol. The molecule has 2 atom stereocenters. The van der Waals surface area contributed by atoms with Crippen LogP contribution in [0.1, 0.15) is 42.7 Å². The van der Waals surface area contributed by atoms with Crippen molar-refractivity contribution >= 4 is 16.8 Å². The Morgan fingerprint density at radius 2 is 2.09 bits per heavy atom. The summed E-state index contributed by atoms with van der Waals surface area (Å²) in [6.45, 7) is 1.43. The van der Waals surface area contributed by atoms with E-state index in [1.54, 1.807) is 0 Å². The Bertz CT molecular complexity index is 693. The first kappa shape index (κ1) is 15.1. The van der Waals surface area contributed by atoms with Crippen molar-refractivity contribution in [3.63, 3.8) is 0 Å². The van der Waals surface area contributed by atoms with Crippen LogP contribution in [-0.2, 0) is 17.6 Å². The van der Waals surface area contributed by atoms with Crippen LogP contribution in [0.15, 0.2) is 18.2 Å². The highest BCUT2D eigenvalue weighted by atomic mass is 16.3. The molecule has 0 spiro atoms. The third-order valence-electron chi connectivity index (χ3n) is 4.39. The molecular formula is C17H22N2O3.